The summed E-state index contributed by atoms with van der Waals surface area (Å²) in [6.07, 6.45) is 1.03. The third-order valence-electron chi connectivity index (χ3n) is 2.48. The van der Waals surface area contributed by atoms with Crippen molar-refractivity contribution in [2.45, 2.75) is 26.4 Å². The van der Waals surface area contributed by atoms with E-state index in [1.54, 1.807) is 7.11 Å². The molecule has 1 N–H and O–H groups in total. The molecule has 0 saturated carbocycles. The summed E-state index contributed by atoms with van der Waals surface area (Å²) in [4.78, 5) is 2.20. The summed E-state index contributed by atoms with van der Waals surface area (Å²) in [5, 5.41) is 7.23. The van der Waals surface area contributed by atoms with Crippen LogP contribution in [0.4, 0.5) is 0 Å². The zero-order valence-corrected chi connectivity index (χ0v) is 11.0. The van der Waals surface area contributed by atoms with Crippen LogP contribution in [0.25, 0.3) is 0 Å². The maximum absolute atomic E-state index is 5.28. The number of hydrogen-bond donors (Lipinski definition) is 1. The van der Waals surface area contributed by atoms with E-state index < -0.39 is 0 Å². The van der Waals surface area contributed by atoms with Gasteiger partial charge in [-0.05, 0) is 20.0 Å². The Bertz CT molecular complexity index is 302. The number of hydrogen-bond acceptors (Lipinski definition) is 5. The van der Waals surface area contributed by atoms with Crippen molar-refractivity contribution < 1.29 is 9.26 Å². The van der Waals surface area contributed by atoms with Crippen LogP contribution in [-0.4, -0.2) is 43.9 Å². The first kappa shape index (κ1) is 14.2. The van der Waals surface area contributed by atoms with Crippen LogP contribution < -0.4 is 5.32 Å². The largest absolute Gasteiger partial charge is 0.385 e. The first-order valence-corrected chi connectivity index (χ1v) is 6.09. The Morgan fingerprint density at radius 1 is 1.53 bits per heavy atom. The maximum Gasteiger partial charge on any atom is 0.151 e. The first-order valence-electron chi connectivity index (χ1n) is 6.09. The Hall–Kier alpha value is -0.910. The van der Waals surface area contributed by atoms with E-state index in [1.165, 1.54) is 0 Å². The minimum atomic E-state index is 0.771. The number of nitrogens with one attached hydrogen (secondary N) is 1. The smallest absolute Gasteiger partial charge is 0.151 e. The van der Waals surface area contributed by atoms with Crippen molar-refractivity contribution in [1.29, 1.82) is 0 Å². The monoisotopic (exact) mass is 241 g/mol. The molecule has 98 valence electrons. The predicted octanol–water partition coefficient (Wildman–Crippen LogP) is 1.25. The van der Waals surface area contributed by atoms with E-state index in [-0.39, 0.29) is 0 Å². The Morgan fingerprint density at radius 3 is 3.06 bits per heavy atom. The van der Waals surface area contributed by atoms with E-state index in [4.69, 9.17) is 9.26 Å². The van der Waals surface area contributed by atoms with Crippen LogP contribution in [0, 0.1) is 0 Å². The van der Waals surface area contributed by atoms with Crippen molar-refractivity contribution in [2.75, 3.05) is 33.9 Å². The van der Waals surface area contributed by atoms with Crippen LogP contribution in [0.15, 0.2) is 10.6 Å². The Balaban J connectivity index is 2.27. The summed E-state index contributed by atoms with van der Waals surface area (Å²) in [6.45, 7) is 6.38. The molecule has 1 aromatic heterocycles. The SMILES string of the molecule is CCNCc1cc(CN(C)CCCOC)on1. The van der Waals surface area contributed by atoms with Gasteiger partial charge in [0.15, 0.2) is 5.76 Å². The van der Waals surface area contributed by atoms with E-state index in [0.717, 1.165) is 50.7 Å². The summed E-state index contributed by atoms with van der Waals surface area (Å²) in [6, 6.07) is 2.01. The normalized spacial score (nSPS) is 11.3. The molecule has 0 amide bonds. The van der Waals surface area contributed by atoms with Gasteiger partial charge in [-0.2, -0.15) is 0 Å². The quantitative estimate of drug-likeness (QED) is 0.659. The minimum absolute atomic E-state index is 0.771. The molecule has 1 heterocycles. The highest BCUT2D eigenvalue weighted by Gasteiger charge is 2.06. The van der Waals surface area contributed by atoms with Crippen LogP contribution in [0.3, 0.4) is 0 Å². The zero-order valence-electron chi connectivity index (χ0n) is 11.0. The average molecular weight is 241 g/mol. The molecular formula is C12H23N3O2. The topological polar surface area (TPSA) is 50.5 Å². The van der Waals surface area contributed by atoms with Crippen LogP contribution >= 0.6 is 0 Å². The lowest BCUT2D eigenvalue weighted by atomic mass is 10.3. The highest BCUT2D eigenvalue weighted by atomic mass is 16.5. The molecule has 0 unspecified atom stereocenters. The van der Waals surface area contributed by atoms with Gasteiger partial charge in [-0.25, -0.2) is 0 Å². The molecule has 0 aliphatic heterocycles. The highest BCUT2D eigenvalue weighted by Crippen LogP contribution is 2.06. The van der Waals surface area contributed by atoms with Crippen molar-refractivity contribution >= 4 is 0 Å². The average Bonchev–Trinajstić information content (AvgIpc) is 2.74. The lowest BCUT2D eigenvalue weighted by Crippen LogP contribution is -2.19. The second-order valence-electron chi connectivity index (χ2n) is 4.15. The number of methoxy groups -OCH3 is 1. The van der Waals surface area contributed by atoms with Gasteiger partial charge >= 0.3 is 0 Å². The van der Waals surface area contributed by atoms with E-state index in [0.29, 0.717) is 0 Å². The van der Waals surface area contributed by atoms with E-state index in [1.807, 2.05) is 6.07 Å². The van der Waals surface area contributed by atoms with Crippen molar-refractivity contribution in [3.63, 3.8) is 0 Å². The van der Waals surface area contributed by atoms with E-state index in [9.17, 15) is 0 Å². The van der Waals surface area contributed by atoms with Crippen LogP contribution in [0.2, 0.25) is 0 Å². The minimum Gasteiger partial charge on any atom is -0.385 e. The molecule has 0 radical (unpaired) electrons. The maximum atomic E-state index is 5.28. The van der Waals surface area contributed by atoms with Gasteiger partial charge < -0.3 is 14.6 Å². The lowest BCUT2D eigenvalue weighted by molar-refractivity contribution is 0.174. The molecule has 17 heavy (non-hydrogen) atoms. The predicted molar refractivity (Wildman–Crippen MR) is 66.7 cm³/mol. The molecule has 0 spiro atoms. The van der Waals surface area contributed by atoms with Crippen LogP contribution in [-0.2, 0) is 17.8 Å². The second kappa shape index (κ2) is 8.22. The molecule has 0 aromatic carbocycles. The molecule has 1 aromatic rings. The molecular weight excluding hydrogens is 218 g/mol. The summed E-state index contributed by atoms with van der Waals surface area (Å²) in [7, 11) is 3.80. The van der Waals surface area contributed by atoms with Crippen LogP contribution in [0.5, 0.6) is 0 Å². The molecule has 5 heteroatoms. The van der Waals surface area contributed by atoms with Gasteiger partial charge in [0.2, 0.25) is 0 Å². The number of ether oxygens (including phenoxy) is 1. The molecule has 5 nitrogen and oxygen atoms in total. The van der Waals surface area contributed by atoms with Gasteiger partial charge in [0.05, 0.1) is 12.2 Å². The van der Waals surface area contributed by atoms with Crippen molar-refractivity contribution in [3.05, 3.63) is 17.5 Å². The molecule has 0 bridgehead atoms. The van der Waals surface area contributed by atoms with Gasteiger partial charge in [0.25, 0.3) is 0 Å². The summed E-state index contributed by atoms with van der Waals surface area (Å²) in [5.74, 6) is 0.915. The fourth-order valence-electron chi connectivity index (χ4n) is 1.59. The Morgan fingerprint density at radius 2 is 2.35 bits per heavy atom. The lowest BCUT2D eigenvalue weighted by Gasteiger charge is -2.13. The van der Waals surface area contributed by atoms with Gasteiger partial charge in [-0.1, -0.05) is 12.1 Å². The zero-order chi connectivity index (χ0) is 12.5. The van der Waals surface area contributed by atoms with E-state index in [2.05, 4.69) is 29.3 Å². The molecule has 1 rings (SSSR count). The summed E-state index contributed by atoms with van der Waals surface area (Å²) in [5.41, 5.74) is 0.965. The van der Waals surface area contributed by atoms with Crippen molar-refractivity contribution in [3.8, 4) is 0 Å². The molecule has 0 aliphatic carbocycles. The van der Waals surface area contributed by atoms with Gasteiger partial charge in [0.1, 0.15) is 0 Å². The van der Waals surface area contributed by atoms with Gasteiger partial charge in [-0.3, -0.25) is 4.90 Å². The third-order valence-corrected chi connectivity index (χ3v) is 2.48. The summed E-state index contributed by atoms with van der Waals surface area (Å²) >= 11 is 0. The number of rotatable bonds is 9. The Kier molecular flexibility index (Phi) is 6.84. The fraction of sp³-hybridized carbons (Fsp3) is 0.750. The fourth-order valence-corrected chi connectivity index (χ4v) is 1.59. The van der Waals surface area contributed by atoms with Crippen molar-refractivity contribution in [2.24, 2.45) is 0 Å². The summed E-state index contributed by atoms with van der Waals surface area (Å²) < 4.78 is 10.3. The second-order valence-corrected chi connectivity index (χ2v) is 4.15. The van der Waals surface area contributed by atoms with Crippen molar-refractivity contribution in [1.82, 2.24) is 15.4 Å². The molecule has 0 fully saturated rings. The van der Waals surface area contributed by atoms with Crippen LogP contribution in [0.1, 0.15) is 24.8 Å². The number of aromatic nitrogens is 1. The number of nitrogens with zero attached hydrogens (tertiary/aromatic N) is 2. The van der Waals surface area contributed by atoms with E-state index >= 15 is 0 Å². The molecule has 0 aliphatic rings. The van der Waals surface area contributed by atoms with Gasteiger partial charge in [-0.15, -0.1) is 0 Å². The third kappa shape index (κ3) is 5.81. The molecule has 0 saturated heterocycles. The standard InChI is InChI=1S/C12H23N3O2/c1-4-13-9-11-8-12(17-14-11)10-15(2)6-5-7-16-3/h8,13H,4-7,9-10H2,1-3H3. The molecule has 0 atom stereocenters. The highest BCUT2D eigenvalue weighted by molar-refractivity contribution is 5.04. The Labute approximate surface area is 103 Å². The first-order chi connectivity index (χ1) is 8.26. The van der Waals surface area contributed by atoms with Gasteiger partial charge in [0, 0.05) is 32.9 Å².